The van der Waals surface area contributed by atoms with E-state index in [1.54, 1.807) is 36.2 Å². The third-order valence-electron chi connectivity index (χ3n) is 4.00. The molecule has 0 aliphatic carbocycles. The van der Waals surface area contributed by atoms with Gasteiger partial charge in [0.25, 0.3) is 0 Å². The summed E-state index contributed by atoms with van der Waals surface area (Å²) in [7, 11) is 1.76. The minimum atomic E-state index is 0.0125. The minimum absolute atomic E-state index is 0.0125. The number of hydrogen-bond acceptors (Lipinski definition) is 3. The Hall–Kier alpha value is -2.24. The molecule has 6 heteroatoms. The van der Waals surface area contributed by atoms with E-state index >= 15 is 0 Å². The summed E-state index contributed by atoms with van der Waals surface area (Å²) in [5, 5.41) is 11.6. The maximum Gasteiger partial charge on any atom is 0.324 e. The van der Waals surface area contributed by atoms with Crippen LogP contribution in [0.15, 0.2) is 29.4 Å². The summed E-state index contributed by atoms with van der Waals surface area (Å²) in [5.41, 5.74) is 6.93. The first-order valence-corrected chi connectivity index (χ1v) is 7.13. The maximum absolute atomic E-state index is 12.4. The molecular formula is C15H22N4O2. The van der Waals surface area contributed by atoms with Gasteiger partial charge in [-0.2, -0.15) is 0 Å². The Morgan fingerprint density at radius 1 is 1.33 bits per heavy atom. The number of carbonyl (C=O) groups is 1. The lowest BCUT2D eigenvalue weighted by molar-refractivity contribution is 0.181. The highest BCUT2D eigenvalue weighted by atomic mass is 16.4. The molecule has 1 aromatic rings. The Morgan fingerprint density at radius 3 is 2.43 bits per heavy atom. The van der Waals surface area contributed by atoms with Gasteiger partial charge in [-0.15, -0.1) is 0 Å². The van der Waals surface area contributed by atoms with Crippen molar-refractivity contribution in [2.24, 2.45) is 16.8 Å². The van der Waals surface area contributed by atoms with Crippen LogP contribution in [0.5, 0.6) is 0 Å². The molecule has 3 N–H and O–H groups in total. The SMILES string of the molecule is CC1CCN(C(=O)N(C)c2ccc(C(N)=NO)cc2)CC1. The Kier molecular flexibility index (Phi) is 4.67. The summed E-state index contributed by atoms with van der Waals surface area (Å²) < 4.78 is 0. The molecule has 0 bridgehead atoms. The third kappa shape index (κ3) is 3.45. The molecule has 2 amide bonds. The quantitative estimate of drug-likeness (QED) is 0.378. The fraction of sp³-hybridized carbons (Fsp3) is 0.467. The van der Waals surface area contributed by atoms with Crippen molar-refractivity contribution in [2.75, 3.05) is 25.0 Å². The molecule has 1 saturated heterocycles. The lowest BCUT2D eigenvalue weighted by Crippen LogP contribution is -2.45. The standard InChI is InChI=1S/C15H22N4O2/c1-11-7-9-19(10-8-11)15(20)18(2)13-5-3-12(4-6-13)14(16)17-21/h3-6,11,21H,7-10H2,1-2H3,(H2,16,17). The lowest BCUT2D eigenvalue weighted by atomic mass is 9.99. The van der Waals surface area contributed by atoms with Gasteiger partial charge in [0.05, 0.1) is 0 Å². The van der Waals surface area contributed by atoms with E-state index in [0.717, 1.165) is 31.6 Å². The van der Waals surface area contributed by atoms with E-state index < -0.39 is 0 Å². The summed E-state index contributed by atoms with van der Waals surface area (Å²) in [6.07, 6.45) is 2.12. The van der Waals surface area contributed by atoms with Gasteiger partial charge in [-0.05, 0) is 43.0 Å². The highest BCUT2D eigenvalue weighted by molar-refractivity contribution is 5.98. The van der Waals surface area contributed by atoms with Gasteiger partial charge in [0.15, 0.2) is 5.84 Å². The van der Waals surface area contributed by atoms with E-state index in [1.807, 2.05) is 4.90 Å². The van der Waals surface area contributed by atoms with Crippen LogP contribution in [-0.2, 0) is 0 Å². The topological polar surface area (TPSA) is 82.2 Å². The van der Waals surface area contributed by atoms with Gasteiger partial charge < -0.3 is 15.8 Å². The van der Waals surface area contributed by atoms with Crippen molar-refractivity contribution in [3.05, 3.63) is 29.8 Å². The van der Waals surface area contributed by atoms with Gasteiger partial charge in [-0.3, -0.25) is 4.90 Å². The van der Waals surface area contributed by atoms with Crippen molar-refractivity contribution in [2.45, 2.75) is 19.8 Å². The first kappa shape index (κ1) is 15.2. The average Bonchev–Trinajstić information content (AvgIpc) is 2.53. The predicted octanol–water partition coefficient (Wildman–Crippen LogP) is 2.07. The Morgan fingerprint density at radius 2 is 1.90 bits per heavy atom. The first-order chi connectivity index (χ1) is 10.0. The number of likely N-dealkylation sites (tertiary alicyclic amines) is 1. The molecule has 0 saturated carbocycles. The number of amides is 2. The second-order valence-electron chi connectivity index (χ2n) is 5.54. The largest absolute Gasteiger partial charge is 0.409 e. The number of carbonyl (C=O) groups excluding carboxylic acids is 1. The molecule has 6 nitrogen and oxygen atoms in total. The van der Waals surface area contributed by atoms with Crippen molar-refractivity contribution in [3.63, 3.8) is 0 Å². The number of nitrogens with two attached hydrogens (primary N) is 1. The molecule has 1 fully saturated rings. The maximum atomic E-state index is 12.4. The lowest BCUT2D eigenvalue weighted by Gasteiger charge is -2.33. The third-order valence-corrected chi connectivity index (χ3v) is 4.00. The molecule has 1 aromatic carbocycles. The summed E-state index contributed by atoms with van der Waals surface area (Å²) in [6, 6.07) is 7.05. The van der Waals surface area contributed by atoms with E-state index in [4.69, 9.17) is 10.9 Å². The van der Waals surface area contributed by atoms with Crippen molar-refractivity contribution in [1.82, 2.24) is 4.90 Å². The zero-order chi connectivity index (χ0) is 15.4. The normalized spacial score (nSPS) is 16.9. The Labute approximate surface area is 124 Å². The monoisotopic (exact) mass is 290 g/mol. The van der Waals surface area contributed by atoms with Gasteiger partial charge in [-0.25, -0.2) is 4.79 Å². The Bertz CT molecular complexity index is 519. The highest BCUT2D eigenvalue weighted by Gasteiger charge is 2.23. The predicted molar refractivity (Wildman–Crippen MR) is 82.7 cm³/mol. The number of urea groups is 1. The number of anilines is 1. The van der Waals surface area contributed by atoms with Crippen LogP contribution in [0.1, 0.15) is 25.3 Å². The van der Waals surface area contributed by atoms with Crippen LogP contribution < -0.4 is 10.6 Å². The summed E-state index contributed by atoms with van der Waals surface area (Å²) in [6.45, 7) is 3.84. The van der Waals surface area contributed by atoms with Gasteiger partial charge in [0.1, 0.15) is 0 Å². The molecule has 0 aromatic heterocycles. The van der Waals surface area contributed by atoms with Crippen LogP contribution in [0.4, 0.5) is 10.5 Å². The fourth-order valence-corrected chi connectivity index (χ4v) is 2.44. The summed E-state index contributed by atoms with van der Waals surface area (Å²) in [4.78, 5) is 16.0. The van der Waals surface area contributed by atoms with E-state index in [2.05, 4.69) is 12.1 Å². The molecule has 114 valence electrons. The molecule has 0 radical (unpaired) electrons. The number of nitrogens with zero attached hydrogens (tertiary/aromatic N) is 3. The van der Waals surface area contributed by atoms with Crippen molar-refractivity contribution in [3.8, 4) is 0 Å². The summed E-state index contributed by atoms with van der Waals surface area (Å²) >= 11 is 0. The fourth-order valence-electron chi connectivity index (χ4n) is 2.44. The minimum Gasteiger partial charge on any atom is -0.409 e. The molecule has 2 rings (SSSR count). The Balaban J connectivity index is 2.05. The second-order valence-corrected chi connectivity index (χ2v) is 5.54. The smallest absolute Gasteiger partial charge is 0.324 e. The van der Waals surface area contributed by atoms with Crippen LogP contribution >= 0.6 is 0 Å². The van der Waals surface area contributed by atoms with E-state index in [0.29, 0.717) is 11.5 Å². The van der Waals surface area contributed by atoms with Gasteiger partial charge in [0, 0.05) is 31.4 Å². The molecule has 1 aliphatic rings. The van der Waals surface area contributed by atoms with Crippen LogP contribution in [-0.4, -0.2) is 42.1 Å². The van der Waals surface area contributed by atoms with E-state index in [1.165, 1.54) is 0 Å². The molecule has 0 unspecified atom stereocenters. The first-order valence-electron chi connectivity index (χ1n) is 7.13. The van der Waals surface area contributed by atoms with Crippen LogP contribution in [0.2, 0.25) is 0 Å². The zero-order valence-corrected chi connectivity index (χ0v) is 12.5. The summed E-state index contributed by atoms with van der Waals surface area (Å²) in [5.74, 6) is 0.750. The second kappa shape index (κ2) is 6.47. The zero-order valence-electron chi connectivity index (χ0n) is 12.5. The van der Waals surface area contributed by atoms with Crippen LogP contribution in [0.3, 0.4) is 0 Å². The number of amidine groups is 1. The van der Waals surface area contributed by atoms with Crippen LogP contribution in [0.25, 0.3) is 0 Å². The molecule has 0 atom stereocenters. The van der Waals surface area contributed by atoms with Crippen molar-refractivity contribution >= 4 is 17.6 Å². The van der Waals surface area contributed by atoms with Gasteiger partial charge in [-0.1, -0.05) is 12.1 Å². The van der Waals surface area contributed by atoms with Crippen molar-refractivity contribution < 1.29 is 10.0 Å². The number of oxime groups is 1. The number of benzene rings is 1. The van der Waals surface area contributed by atoms with E-state index in [-0.39, 0.29) is 11.9 Å². The molecule has 21 heavy (non-hydrogen) atoms. The van der Waals surface area contributed by atoms with E-state index in [9.17, 15) is 4.79 Å². The number of rotatable bonds is 2. The average molecular weight is 290 g/mol. The highest BCUT2D eigenvalue weighted by Crippen LogP contribution is 2.20. The number of piperidine rings is 1. The molecule has 1 heterocycles. The molecule has 0 spiro atoms. The van der Waals surface area contributed by atoms with Gasteiger partial charge >= 0.3 is 6.03 Å². The number of hydrogen-bond donors (Lipinski definition) is 2. The molecular weight excluding hydrogens is 268 g/mol. The van der Waals surface area contributed by atoms with Crippen LogP contribution in [0, 0.1) is 5.92 Å². The van der Waals surface area contributed by atoms with Crippen molar-refractivity contribution in [1.29, 1.82) is 0 Å². The van der Waals surface area contributed by atoms with Gasteiger partial charge in [0.2, 0.25) is 0 Å². The molecule has 1 aliphatic heterocycles.